The summed E-state index contributed by atoms with van der Waals surface area (Å²) in [5.74, 6) is 1.01. The van der Waals surface area contributed by atoms with Crippen molar-refractivity contribution in [3.05, 3.63) is 71.3 Å². The normalized spacial score (nSPS) is 33.2. The number of hydroxylamine groups is 2. The molecule has 4 aliphatic rings. The first-order valence-electron chi connectivity index (χ1n) is 14.0. The van der Waals surface area contributed by atoms with E-state index in [4.69, 9.17) is 4.84 Å². The molecule has 2 aromatic carbocycles. The van der Waals surface area contributed by atoms with Gasteiger partial charge in [0, 0.05) is 12.0 Å². The third kappa shape index (κ3) is 5.20. The maximum atomic E-state index is 13.8. The van der Waals surface area contributed by atoms with Gasteiger partial charge in [-0.15, -0.1) is 0 Å². The first-order valence-corrected chi connectivity index (χ1v) is 14.0. The number of hydrogen-bond acceptors (Lipinski definition) is 5. The Morgan fingerprint density at radius 2 is 1.84 bits per heavy atom. The maximum Gasteiger partial charge on any atom is 0.240 e. The zero-order chi connectivity index (χ0) is 27.0. The van der Waals surface area contributed by atoms with Gasteiger partial charge < -0.3 is 15.5 Å². The van der Waals surface area contributed by atoms with Gasteiger partial charge in [0.2, 0.25) is 5.91 Å². The molecule has 1 aliphatic heterocycles. The molecule has 3 saturated carbocycles. The van der Waals surface area contributed by atoms with E-state index in [0.717, 1.165) is 23.1 Å². The minimum atomic E-state index is -0.802. The third-order valence-corrected chi connectivity index (χ3v) is 9.62. The van der Waals surface area contributed by atoms with E-state index in [2.05, 4.69) is 56.4 Å². The van der Waals surface area contributed by atoms with Gasteiger partial charge >= 0.3 is 0 Å². The summed E-state index contributed by atoms with van der Waals surface area (Å²) in [4.78, 5) is 19.9. The van der Waals surface area contributed by atoms with E-state index in [1.165, 1.54) is 6.42 Å². The minimum absolute atomic E-state index is 0.121. The Hall–Kier alpha value is -2.51. The van der Waals surface area contributed by atoms with E-state index in [9.17, 15) is 15.0 Å². The molecular formula is C32H42N2O4. The number of carbonyl (C=O) groups excluding carboxylic acids is 1. The molecule has 2 aromatic rings. The number of aliphatic hydroxyl groups is 2. The van der Waals surface area contributed by atoms with E-state index in [1.807, 2.05) is 36.4 Å². The van der Waals surface area contributed by atoms with E-state index < -0.39 is 24.2 Å². The highest BCUT2D eigenvalue weighted by atomic mass is 16.7. The molecule has 3 aliphatic carbocycles. The van der Waals surface area contributed by atoms with Gasteiger partial charge in [-0.3, -0.25) is 9.63 Å². The van der Waals surface area contributed by atoms with Crippen LogP contribution in [0.2, 0.25) is 0 Å². The van der Waals surface area contributed by atoms with E-state index in [1.54, 1.807) is 12.0 Å². The van der Waals surface area contributed by atoms with Crippen molar-refractivity contribution in [2.75, 3.05) is 6.61 Å². The number of benzene rings is 2. The van der Waals surface area contributed by atoms with Crippen molar-refractivity contribution in [1.82, 2.24) is 10.4 Å². The largest absolute Gasteiger partial charge is 0.394 e. The first-order chi connectivity index (χ1) is 18.2. The number of nitrogens with zero attached hydrogens (tertiary/aromatic N) is 1. The summed E-state index contributed by atoms with van der Waals surface area (Å²) in [7, 11) is 0. The minimum Gasteiger partial charge on any atom is -0.394 e. The lowest BCUT2D eigenvalue weighted by Gasteiger charge is -2.62. The molecule has 0 spiro atoms. The van der Waals surface area contributed by atoms with Crippen molar-refractivity contribution < 1.29 is 19.8 Å². The topological polar surface area (TPSA) is 82.0 Å². The summed E-state index contributed by atoms with van der Waals surface area (Å²) in [5, 5.41) is 25.7. The van der Waals surface area contributed by atoms with Gasteiger partial charge in [0.15, 0.2) is 0 Å². The Morgan fingerprint density at radius 3 is 2.50 bits per heavy atom. The summed E-state index contributed by atoms with van der Waals surface area (Å²) < 4.78 is 0. The van der Waals surface area contributed by atoms with E-state index in [0.29, 0.717) is 29.7 Å². The lowest BCUT2D eigenvalue weighted by Crippen LogP contribution is -2.62. The molecule has 1 saturated heterocycles. The Balaban J connectivity index is 1.33. The Bertz CT molecular complexity index is 1150. The second kappa shape index (κ2) is 10.9. The smallest absolute Gasteiger partial charge is 0.240 e. The molecule has 6 nitrogen and oxygen atoms in total. The second-order valence-corrected chi connectivity index (χ2v) is 12.2. The monoisotopic (exact) mass is 518 g/mol. The van der Waals surface area contributed by atoms with Gasteiger partial charge in [0.25, 0.3) is 0 Å². The molecule has 1 heterocycles. The van der Waals surface area contributed by atoms with Gasteiger partial charge in [0.05, 0.1) is 19.3 Å². The van der Waals surface area contributed by atoms with E-state index >= 15 is 0 Å². The predicted octanol–water partition coefficient (Wildman–Crippen LogP) is 4.52. The van der Waals surface area contributed by atoms with Crippen LogP contribution in [0.1, 0.15) is 57.2 Å². The van der Waals surface area contributed by atoms with Crippen molar-refractivity contribution in [1.29, 1.82) is 0 Å². The number of fused-ring (bicyclic) bond motifs is 2. The van der Waals surface area contributed by atoms with Crippen LogP contribution in [0.3, 0.4) is 0 Å². The molecule has 204 valence electrons. The zero-order valence-electron chi connectivity index (χ0n) is 23.0. The SMILES string of the molecule is C[C@@H]1[C@@H](NC(=O)[C@@H]2[C@H]([C@H](C)O)[C@H](CO)ON2Cc2cccc(C=Cc3ccccc3)c2)C[C@H]2C[C@@H]1C2(C)C. The number of hydrogen-bond donors (Lipinski definition) is 3. The summed E-state index contributed by atoms with van der Waals surface area (Å²) in [6.07, 6.45) is 4.94. The highest BCUT2D eigenvalue weighted by Crippen LogP contribution is 2.61. The molecule has 6 heteroatoms. The maximum absolute atomic E-state index is 13.8. The Labute approximate surface area is 226 Å². The highest BCUT2D eigenvalue weighted by Gasteiger charge is 2.57. The highest BCUT2D eigenvalue weighted by molar-refractivity contribution is 5.83. The standard InChI is InChI=1S/C32H42N2O4/c1-20-26-16-25(32(26,3)4)17-27(20)33-31(37)30-29(21(2)36)28(19-35)38-34(30)18-24-12-8-11-23(15-24)14-13-22-9-6-5-7-10-22/h5-15,20-21,25-30,35-36H,16-19H2,1-4H3,(H,33,37)/t20-,21-,25+,26-,27-,28-,29+,30-/m0/s1. The zero-order valence-corrected chi connectivity index (χ0v) is 23.0. The van der Waals surface area contributed by atoms with Crippen LogP contribution in [0.4, 0.5) is 0 Å². The van der Waals surface area contributed by atoms with Crippen LogP contribution < -0.4 is 5.32 Å². The summed E-state index contributed by atoms with van der Waals surface area (Å²) >= 11 is 0. The quantitative estimate of drug-likeness (QED) is 0.448. The fraction of sp³-hybridized carbons (Fsp3) is 0.531. The van der Waals surface area contributed by atoms with Crippen LogP contribution in [-0.2, 0) is 16.2 Å². The molecule has 2 bridgehead atoms. The van der Waals surface area contributed by atoms with Crippen LogP contribution in [0.15, 0.2) is 54.6 Å². The van der Waals surface area contributed by atoms with Gasteiger partial charge in [-0.25, -0.2) is 0 Å². The summed E-state index contributed by atoms with van der Waals surface area (Å²) in [6, 6.07) is 17.7. The molecule has 0 aromatic heterocycles. The first kappa shape index (κ1) is 27.1. The van der Waals surface area contributed by atoms with Crippen LogP contribution in [-0.4, -0.2) is 52.1 Å². The van der Waals surface area contributed by atoms with Crippen molar-refractivity contribution >= 4 is 18.1 Å². The van der Waals surface area contributed by atoms with Gasteiger partial charge in [-0.2, -0.15) is 5.06 Å². The lowest BCUT2D eigenvalue weighted by atomic mass is 9.45. The van der Waals surface area contributed by atoms with E-state index in [-0.39, 0.29) is 18.6 Å². The molecule has 3 N–H and O–H groups in total. The molecule has 8 atom stereocenters. The van der Waals surface area contributed by atoms with Crippen molar-refractivity contribution in [3.8, 4) is 0 Å². The third-order valence-electron chi connectivity index (χ3n) is 9.62. The van der Waals surface area contributed by atoms with Crippen LogP contribution in [0.5, 0.6) is 0 Å². The fourth-order valence-electron chi connectivity index (χ4n) is 7.22. The molecule has 38 heavy (non-hydrogen) atoms. The molecule has 4 fully saturated rings. The van der Waals surface area contributed by atoms with Crippen molar-refractivity contribution in [2.45, 2.75) is 71.4 Å². The van der Waals surface area contributed by atoms with Gasteiger partial charge in [-0.1, -0.05) is 87.5 Å². The van der Waals surface area contributed by atoms with Gasteiger partial charge in [-0.05, 0) is 59.6 Å². The summed E-state index contributed by atoms with van der Waals surface area (Å²) in [6.45, 7) is 8.76. The Morgan fingerprint density at radius 1 is 1.13 bits per heavy atom. The van der Waals surface area contributed by atoms with Gasteiger partial charge in [0.1, 0.15) is 12.1 Å². The van der Waals surface area contributed by atoms with Crippen LogP contribution in [0, 0.1) is 29.1 Å². The number of aliphatic hydroxyl groups excluding tert-OH is 2. The predicted molar refractivity (Wildman–Crippen MR) is 149 cm³/mol. The van der Waals surface area contributed by atoms with Crippen molar-refractivity contribution in [2.24, 2.45) is 29.1 Å². The lowest BCUT2D eigenvalue weighted by molar-refractivity contribution is -0.183. The fourth-order valence-corrected chi connectivity index (χ4v) is 7.22. The number of amides is 1. The number of carbonyl (C=O) groups is 1. The molecular weight excluding hydrogens is 476 g/mol. The molecule has 1 amide bonds. The molecule has 6 rings (SSSR count). The average Bonchev–Trinajstić information content (AvgIpc) is 3.27. The average molecular weight is 519 g/mol. The van der Waals surface area contributed by atoms with Crippen molar-refractivity contribution in [3.63, 3.8) is 0 Å². The number of nitrogens with one attached hydrogen (secondary N) is 1. The second-order valence-electron chi connectivity index (χ2n) is 12.2. The molecule has 0 unspecified atom stereocenters. The van der Waals surface area contributed by atoms with Crippen LogP contribution in [0.25, 0.3) is 12.2 Å². The van der Waals surface area contributed by atoms with Crippen LogP contribution >= 0.6 is 0 Å². The summed E-state index contributed by atoms with van der Waals surface area (Å²) in [5.41, 5.74) is 3.51. The number of rotatable bonds is 8. The molecule has 0 radical (unpaired) electrons. The Kier molecular flexibility index (Phi) is 7.79.